The van der Waals surface area contributed by atoms with E-state index in [-0.39, 0.29) is 16.8 Å². The van der Waals surface area contributed by atoms with Crippen LogP contribution in [0.5, 0.6) is 0 Å². The number of piperidine rings is 2. The summed E-state index contributed by atoms with van der Waals surface area (Å²) in [6.07, 6.45) is 3.64. The highest BCUT2D eigenvalue weighted by Crippen LogP contribution is 2.24. The highest BCUT2D eigenvalue weighted by molar-refractivity contribution is 7.89. The van der Waals surface area contributed by atoms with Gasteiger partial charge in [-0.25, -0.2) is 8.42 Å². The smallest absolute Gasteiger partial charge is 0.253 e. The van der Waals surface area contributed by atoms with Crippen LogP contribution in [0.1, 0.15) is 43.0 Å². The summed E-state index contributed by atoms with van der Waals surface area (Å²) < 4.78 is 27.0. The van der Waals surface area contributed by atoms with Gasteiger partial charge in [-0.15, -0.1) is 0 Å². The van der Waals surface area contributed by atoms with Crippen molar-refractivity contribution in [2.24, 2.45) is 11.7 Å². The van der Waals surface area contributed by atoms with E-state index in [1.807, 2.05) is 0 Å². The number of nitrogens with two attached hydrogens (primary N) is 1. The monoisotopic (exact) mass is 365 g/mol. The van der Waals surface area contributed by atoms with Crippen LogP contribution in [0.3, 0.4) is 0 Å². The van der Waals surface area contributed by atoms with E-state index in [4.69, 9.17) is 5.73 Å². The summed E-state index contributed by atoms with van der Waals surface area (Å²) in [5.41, 5.74) is 6.45. The van der Waals surface area contributed by atoms with Crippen LogP contribution in [0.2, 0.25) is 0 Å². The number of benzene rings is 1. The van der Waals surface area contributed by atoms with E-state index >= 15 is 0 Å². The number of nitrogens with zero attached hydrogens (tertiary/aromatic N) is 2. The molecule has 2 heterocycles. The molecular formula is C18H27N3O3S. The summed E-state index contributed by atoms with van der Waals surface area (Å²) in [5.74, 6) is 0.494. The van der Waals surface area contributed by atoms with Gasteiger partial charge in [0.2, 0.25) is 10.0 Å². The van der Waals surface area contributed by atoms with Gasteiger partial charge in [-0.3, -0.25) is 4.79 Å². The lowest BCUT2D eigenvalue weighted by atomic mass is 10.0. The van der Waals surface area contributed by atoms with Crippen LogP contribution in [-0.2, 0) is 10.0 Å². The van der Waals surface area contributed by atoms with Crippen molar-refractivity contribution < 1.29 is 13.2 Å². The van der Waals surface area contributed by atoms with Crippen molar-refractivity contribution in [2.45, 2.75) is 43.5 Å². The number of carbonyl (C=O) groups is 1. The Hall–Kier alpha value is -1.44. The summed E-state index contributed by atoms with van der Waals surface area (Å²) in [4.78, 5) is 14.6. The Labute approximate surface area is 150 Å². The van der Waals surface area contributed by atoms with Gasteiger partial charge in [0.1, 0.15) is 0 Å². The molecule has 1 amide bonds. The topological polar surface area (TPSA) is 83.7 Å². The van der Waals surface area contributed by atoms with Gasteiger partial charge in [-0.2, -0.15) is 4.31 Å². The van der Waals surface area contributed by atoms with E-state index in [1.165, 1.54) is 0 Å². The second kappa shape index (κ2) is 7.43. The maximum Gasteiger partial charge on any atom is 0.253 e. The quantitative estimate of drug-likeness (QED) is 0.883. The van der Waals surface area contributed by atoms with E-state index in [2.05, 4.69) is 6.92 Å². The first-order valence-corrected chi connectivity index (χ1v) is 10.5. The molecule has 1 aromatic rings. The van der Waals surface area contributed by atoms with Crippen LogP contribution < -0.4 is 5.73 Å². The third-order valence-electron chi connectivity index (χ3n) is 5.23. The SMILES string of the molecule is CC1CCN(S(=O)(=O)c2ccc(C(=O)N3CCCC(N)C3)cc2)CC1. The molecule has 2 saturated heterocycles. The molecule has 1 aromatic carbocycles. The third kappa shape index (κ3) is 4.04. The van der Waals surface area contributed by atoms with Gasteiger partial charge < -0.3 is 10.6 Å². The molecule has 2 aliphatic heterocycles. The Balaban J connectivity index is 1.72. The number of carbonyl (C=O) groups excluding carboxylic acids is 1. The predicted octanol–water partition coefficient (Wildman–Crippen LogP) is 1.67. The van der Waals surface area contributed by atoms with Gasteiger partial charge in [0.15, 0.2) is 0 Å². The van der Waals surface area contributed by atoms with Crippen LogP contribution >= 0.6 is 0 Å². The van der Waals surface area contributed by atoms with Crippen molar-refractivity contribution in [3.63, 3.8) is 0 Å². The van der Waals surface area contributed by atoms with Gasteiger partial charge in [0.05, 0.1) is 4.90 Å². The van der Waals surface area contributed by atoms with Crippen molar-refractivity contribution in [2.75, 3.05) is 26.2 Å². The zero-order valence-corrected chi connectivity index (χ0v) is 15.5. The Morgan fingerprint density at radius 1 is 1.08 bits per heavy atom. The summed E-state index contributed by atoms with van der Waals surface area (Å²) in [6.45, 7) is 4.55. The second-order valence-corrected chi connectivity index (χ2v) is 9.20. The van der Waals surface area contributed by atoms with E-state index in [1.54, 1.807) is 33.5 Å². The summed E-state index contributed by atoms with van der Waals surface area (Å²) in [5, 5.41) is 0. The molecule has 0 radical (unpaired) electrons. The maximum absolute atomic E-state index is 12.7. The van der Waals surface area contributed by atoms with E-state index in [0.717, 1.165) is 25.7 Å². The minimum absolute atomic E-state index is 0.0267. The molecule has 0 bridgehead atoms. The number of sulfonamides is 1. The Morgan fingerprint density at radius 2 is 1.72 bits per heavy atom. The fourth-order valence-corrected chi connectivity index (χ4v) is 4.99. The summed E-state index contributed by atoms with van der Waals surface area (Å²) in [7, 11) is -3.47. The Morgan fingerprint density at radius 3 is 2.32 bits per heavy atom. The highest BCUT2D eigenvalue weighted by Gasteiger charge is 2.28. The largest absolute Gasteiger partial charge is 0.337 e. The first-order valence-electron chi connectivity index (χ1n) is 9.03. The Kier molecular flexibility index (Phi) is 5.46. The molecule has 0 spiro atoms. The predicted molar refractivity (Wildman–Crippen MR) is 96.7 cm³/mol. The second-order valence-electron chi connectivity index (χ2n) is 7.26. The van der Waals surface area contributed by atoms with Crippen molar-refractivity contribution in [3.05, 3.63) is 29.8 Å². The number of rotatable bonds is 3. The minimum atomic E-state index is -3.47. The van der Waals surface area contributed by atoms with Gasteiger partial charge in [0, 0.05) is 37.8 Å². The third-order valence-corrected chi connectivity index (χ3v) is 7.14. The number of likely N-dealkylation sites (tertiary alicyclic amines) is 1. The van der Waals surface area contributed by atoms with Crippen LogP contribution in [-0.4, -0.2) is 55.8 Å². The van der Waals surface area contributed by atoms with E-state index in [0.29, 0.717) is 37.7 Å². The molecule has 1 atom stereocenters. The molecular weight excluding hydrogens is 338 g/mol. The van der Waals surface area contributed by atoms with Crippen molar-refractivity contribution in [1.29, 1.82) is 0 Å². The molecule has 0 saturated carbocycles. The van der Waals surface area contributed by atoms with Crippen LogP contribution in [0.15, 0.2) is 29.2 Å². The normalized spacial score (nSPS) is 23.6. The van der Waals surface area contributed by atoms with Gasteiger partial charge in [0.25, 0.3) is 5.91 Å². The average molecular weight is 365 g/mol. The number of amides is 1. The first-order chi connectivity index (χ1) is 11.9. The fraction of sp³-hybridized carbons (Fsp3) is 0.611. The van der Waals surface area contributed by atoms with Crippen LogP contribution in [0, 0.1) is 5.92 Å². The zero-order chi connectivity index (χ0) is 18.0. The van der Waals surface area contributed by atoms with E-state index in [9.17, 15) is 13.2 Å². The summed E-state index contributed by atoms with van der Waals surface area (Å²) >= 11 is 0. The molecule has 0 aromatic heterocycles. The van der Waals surface area contributed by atoms with Crippen molar-refractivity contribution in [1.82, 2.24) is 9.21 Å². The summed E-state index contributed by atoms with van der Waals surface area (Å²) in [6, 6.07) is 6.34. The minimum Gasteiger partial charge on any atom is -0.337 e. The van der Waals surface area contributed by atoms with Crippen LogP contribution in [0.25, 0.3) is 0 Å². The zero-order valence-electron chi connectivity index (χ0n) is 14.7. The molecule has 7 heteroatoms. The molecule has 3 rings (SSSR count). The molecule has 25 heavy (non-hydrogen) atoms. The molecule has 138 valence electrons. The van der Waals surface area contributed by atoms with E-state index < -0.39 is 10.0 Å². The molecule has 2 aliphatic rings. The average Bonchev–Trinajstić information content (AvgIpc) is 2.61. The van der Waals surface area contributed by atoms with Crippen LogP contribution in [0.4, 0.5) is 0 Å². The first kappa shape index (κ1) is 18.4. The molecule has 0 aliphatic carbocycles. The van der Waals surface area contributed by atoms with Crippen molar-refractivity contribution in [3.8, 4) is 0 Å². The highest BCUT2D eigenvalue weighted by atomic mass is 32.2. The lowest BCUT2D eigenvalue weighted by Crippen LogP contribution is -2.45. The Bertz CT molecular complexity index is 710. The standard InChI is InChI=1S/C18H27N3O3S/c1-14-8-11-21(12-9-14)25(23,24)17-6-4-15(5-7-17)18(22)20-10-2-3-16(19)13-20/h4-7,14,16H,2-3,8-13,19H2,1H3. The number of hydrogen-bond donors (Lipinski definition) is 1. The molecule has 1 unspecified atom stereocenters. The lowest BCUT2D eigenvalue weighted by molar-refractivity contribution is 0.0708. The molecule has 2 N–H and O–H groups in total. The maximum atomic E-state index is 12.7. The molecule has 6 nitrogen and oxygen atoms in total. The van der Waals surface area contributed by atoms with Gasteiger partial charge >= 0.3 is 0 Å². The fourth-order valence-electron chi connectivity index (χ4n) is 3.52. The van der Waals surface area contributed by atoms with Gasteiger partial charge in [-0.1, -0.05) is 6.92 Å². The molecule has 2 fully saturated rings. The number of hydrogen-bond acceptors (Lipinski definition) is 4. The lowest BCUT2D eigenvalue weighted by Gasteiger charge is -2.31. The van der Waals surface area contributed by atoms with Gasteiger partial charge in [-0.05, 0) is 55.9 Å². The van der Waals surface area contributed by atoms with Crippen molar-refractivity contribution >= 4 is 15.9 Å².